The second-order valence-electron chi connectivity index (χ2n) is 8.26. The normalized spacial score (nSPS) is 10.6. The molecular formula is C26H30ClN5O4. The predicted octanol–water partition coefficient (Wildman–Crippen LogP) is 4.46. The van der Waals surface area contributed by atoms with Crippen molar-refractivity contribution in [2.24, 2.45) is 0 Å². The maximum atomic E-state index is 12.6. The lowest BCUT2D eigenvalue weighted by molar-refractivity contribution is 0.0957. The fraction of sp³-hybridized carbons (Fsp3) is 0.269. The summed E-state index contributed by atoms with van der Waals surface area (Å²) in [5, 5.41) is 8.78. The Morgan fingerprint density at radius 2 is 1.86 bits per heavy atom. The van der Waals surface area contributed by atoms with E-state index in [2.05, 4.69) is 20.9 Å². The first kappa shape index (κ1) is 26.8. The number of carbonyl (C=O) groups excluding carboxylic acids is 2. The van der Waals surface area contributed by atoms with Gasteiger partial charge in [-0.15, -0.1) is 0 Å². The molecule has 0 atom stereocenters. The Morgan fingerprint density at radius 3 is 2.61 bits per heavy atom. The second kappa shape index (κ2) is 12.8. The number of hydrogen-bond donors (Lipinski definition) is 3. The average molecular weight is 512 g/mol. The van der Waals surface area contributed by atoms with Crippen molar-refractivity contribution >= 4 is 29.2 Å². The largest absolute Gasteiger partial charge is 0.490 e. The monoisotopic (exact) mass is 511 g/mol. The molecule has 0 aliphatic carbocycles. The van der Waals surface area contributed by atoms with Gasteiger partial charge in [-0.2, -0.15) is 0 Å². The highest BCUT2D eigenvalue weighted by Gasteiger charge is 2.12. The van der Waals surface area contributed by atoms with Crippen LogP contribution >= 0.6 is 11.6 Å². The van der Waals surface area contributed by atoms with Crippen LogP contribution in [0.4, 0.5) is 10.5 Å². The number of hydrogen-bond acceptors (Lipinski definition) is 6. The van der Waals surface area contributed by atoms with Crippen molar-refractivity contribution in [2.45, 2.75) is 13.5 Å². The van der Waals surface area contributed by atoms with Gasteiger partial charge in [0.05, 0.1) is 5.69 Å². The number of carbonyl (C=O) groups is 2. The van der Waals surface area contributed by atoms with Gasteiger partial charge in [-0.1, -0.05) is 23.7 Å². The van der Waals surface area contributed by atoms with Gasteiger partial charge in [0.15, 0.2) is 0 Å². The minimum absolute atomic E-state index is 0.256. The lowest BCUT2D eigenvalue weighted by Gasteiger charge is -2.16. The number of likely N-dealkylation sites (N-methyl/N-ethyl adjacent to an activating group) is 1. The van der Waals surface area contributed by atoms with Crippen LogP contribution in [0.2, 0.25) is 5.02 Å². The second-order valence-corrected chi connectivity index (χ2v) is 8.67. The van der Waals surface area contributed by atoms with Gasteiger partial charge in [-0.05, 0) is 56.4 Å². The van der Waals surface area contributed by atoms with Crippen molar-refractivity contribution in [1.82, 2.24) is 20.5 Å². The van der Waals surface area contributed by atoms with Crippen LogP contribution in [0.5, 0.6) is 17.2 Å². The third-order valence-electron chi connectivity index (χ3n) is 5.08. The molecule has 0 aliphatic rings. The Hall–Kier alpha value is -3.82. The molecule has 36 heavy (non-hydrogen) atoms. The molecule has 190 valence electrons. The number of benzene rings is 2. The van der Waals surface area contributed by atoms with E-state index < -0.39 is 0 Å². The predicted molar refractivity (Wildman–Crippen MR) is 140 cm³/mol. The number of aromatic nitrogens is 1. The number of nitrogens with one attached hydrogen (secondary N) is 3. The van der Waals surface area contributed by atoms with Crippen LogP contribution in [0.25, 0.3) is 0 Å². The van der Waals surface area contributed by atoms with Crippen LogP contribution in [-0.2, 0) is 6.54 Å². The molecule has 1 heterocycles. The first-order valence-electron chi connectivity index (χ1n) is 11.3. The Morgan fingerprint density at radius 1 is 1.08 bits per heavy atom. The Labute approximate surface area is 215 Å². The van der Waals surface area contributed by atoms with Gasteiger partial charge in [0.2, 0.25) is 0 Å². The zero-order valence-electron chi connectivity index (χ0n) is 20.7. The number of halogens is 1. The molecule has 3 N–H and O–H groups in total. The summed E-state index contributed by atoms with van der Waals surface area (Å²) in [4.78, 5) is 30.5. The molecule has 3 aromatic rings. The molecule has 0 spiro atoms. The molecule has 0 aliphatic heterocycles. The van der Waals surface area contributed by atoms with Gasteiger partial charge in [0.25, 0.3) is 5.91 Å². The molecule has 2 aromatic carbocycles. The zero-order valence-corrected chi connectivity index (χ0v) is 21.5. The number of urea groups is 1. The summed E-state index contributed by atoms with van der Waals surface area (Å²) in [7, 11) is 5.45. The fourth-order valence-corrected chi connectivity index (χ4v) is 3.30. The van der Waals surface area contributed by atoms with Gasteiger partial charge in [0.1, 0.15) is 29.5 Å². The van der Waals surface area contributed by atoms with Crippen molar-refractivity contribution in [3.05, 3.63) is 76.6 Å². The quantitative estimate of drug-likeness (QED) is 0.371. The third kappa shape index (κ3) is 7.86. The van der Waals surface area contributed by atoms with Crippen molar-refractivity contribution in [2.75, 3.05) is 39.6 Å². The zero-order chi connectivity index (χ0) is 26.1. The first-order chi connectivity index (χ1) is 17.2. The Bertz CT molecular complexity index is 1220. The summed E-state index contributed by atoms with van der Waals surface area (Å²) in [6, 6.07) is 13.6. The summed E-state index contributed by atoms with van der Waals surface area (Å²) in [6.07, 6.45) is 1.51. The highest BCUT2D eigenvalue weighted by molar-refractivity contribution is 6.31. The van der Waals surface area contributed by atoms with E-state index in [4.69, 9.17) is 21.1 Å². The first-order valence-corrected chi connectivity index (χ1v) is 11.7. The van der Waals surface area contributed by atoms with Crippen LogP contribution in [0, 0.1) is 6.92 Å². The van der Waals surface area contributed by atoms with Crippen molar-refractivity contribution < 1.29 is 19.1 Å². The number of rotatable bonds is 10. The molecule has 0 saturated carbocycles. The van der Waals surface area contributed by atoms with Crippen LogP contribution in [0.15, 0.2) is 54.7 Å². The van der Waals surface area contributed by atoms with E-state index in [-0.39, 0.29) is 24.2 Å². The van der Waals surface area contributed by atoms with Crippen LogP contribution in [0.3, 0.4) is 0 Å². The number of aryl methyl sites for hydroxylation is 1. The summed E-state index contributed by atoms with van der Waals surface area (Å²) in [5.41, 5.74) is 2.45. The van der Waals surface area contributed by atoms with Crippen molar-refractivity contribution in [3.63, 3.8) is 0 Å². The maximum absolute atomic E-state index is 12.6. The molecule has 3 rings (SSSR count). The maximum Gasteiger partial charge on any atom is 0.319 e. The van der Waals surface area contributed by atoms with E-state index in [1.807, 2.05) is 44.1 Å². The summed E-state index contributed by atoms with van der Waals surface area (Å²) in [6.45, 7) is 3.31. The van der Waals surface area contributed by atoms with E-state index in [0.717, 1.165) is 17.7 Å². The lowest BCUT2D eigenvalue weighted by Crippen LogP contribution is -2.28. The number of ether oxygens (including phenoxy) is 2. The summed E-state index contributed by atoms with van der Waals surface area (Å²) in [5.74, 6) is 1.25. The molecule has 0 radical (unpaired) electrons. The lowest BCUT2D eigenvalue weighted by atomic mass is 10.2. The minimum Gasteiger partial charge on any atom is -0.490 e. The summed E-state index contributed by atoms with van der Waals surface area (Å²) >= 11 is 6.26. The van der Waals surface area contributed by atoms with E-state index in [0.29, 0.717) is 34.6 Å². The molecule has 0 saturated heterocycles. The van der Waals surface area contributed by atoms with E-state index in [9.17, 15) is 9.59 Å². The van der Waals surface area contributed by atoms with Crippen LogP contribution < -0.4 is 25.4 Å². The molecule has 0 bridgehead atoms. The van der Waals surface area contributed by atoms with Crippen LogP contribution in [-0.4, -0.2) is 56.1 Å². The highest BCUT2D eigenvalue weighted by Crippen LogP contribution is 2.31. The number of anilines is 1. The number of amides is 3. The SMILES string of the molecule is CNC(=O)c1cc(Oc2cccc(CNC(=O)Nc3cc(C)c(Cl)cc3OCCN(C)C)c2)ccn1. The molecule has 10 heteroatoms. The average Bonchev–Trinajstić information content (AvgIpc) is 2.85. The van der Waals surface area contributed by atoms with E-state index >= 15 is 0 Å². The molecule has 9 nitrogen and oxygen atoms in total. The Balaban J connectivity index is 1.61. The van der Waals surface area contributed by atoms with Gasteiger partial charge in [-0.3, -0.25) is 9.78 Å². The van der Waals surface area contributed by atoms with Gasteiger partial charge in [-0.25, -0.2) is 4.79 Å². The Kier molecular flexibility index (Phi) is 9.49. The number of pyridine rings is 1. The standard InChI is InChI=1S/C26H30ClN5O4/c1-17-12-22(24(15-21(17)27)35-11-10-32(3)4)31-26(34)30-16-18-6-5-7-19(13-18)36-20-8-9-29-23(14-20)25(33)28-2/h5-9,12-15H,10-11,16H2,1-4H3,(H,28,33)(H2,30,31,34). The van der Waals surface area contributed by atoms with Gasteiger partial charge >= 0.3 is 6.03 Å². The van der Waals surface area contributed by atoms with E-state index in [1.54, 1.807) is 30.3 Å². The molecule has 3 amide bonds. The fourth-order valence-electron chi connectivity index (χ4n) is 3.15. The topological polar surface area (TPSA) is 105 Å². The van der Waals surface area contributed by atoms with E-state index in [1.165, 1.54) is 13.2 Å². The molecular weight excluding hydrogens is 482 g/mol. The highest BCUT2D eigenvalue weighted by atomic mass is 35.5. The van der Waals surface area contributed by atoms with Crippen molar-refractivity contribution in [1.29, 1.82) is 0 Å². The minimum atomic E-state index is -0.384. The third-order valence-corrected chi connectivity index (χ3v) is 5.49. The van der Waals surface area contributed by atoms with Crippen LogP contribution in [0.1, 0.15) is 21.6 Å². The molecule has 0 unspecified atom stereocenters. The van der Waals surface area contributed by atoms with Gasteiger partial charge in [0, 0.05) is 43.5 Å². The molecule has 1 aromatic heterocycles. The molecule has 0 fully saturated rings. The van der Waals surface area contributed by atoms with Gasteiger partial charge < -0.3 is 30.3 Å². The smallest absolute Gasteiger partial charge is 0.319 e. The van der Waals surface area contributed by atoms with Crippen molar-refractivity contribution in [3.8, 4) is 17.2 Å². The summed E-state index contributed by atoms with van der Waals surface area (Å²) < 4.78 is 11.7. The number of nitrogens with zero attached hydrogens (tertiary/aromatic N) is 2.